The molecule has 0 heterocycles. The van der Waals surface area contributed by atoms with E-state index in [2.05, 4.69) is 0 Å². The normalized spacial score (nSPS) is 9.71. The molecule has 24 heavy (non-hydrogen) atoms. The van der Waals surface area contributed by atoms with Gasteiger partial charge < -0.3 is 9.47 Å². The van der Waals surface area contributed by atoms with Crippen molar-refractivity contribution in [3.8, 4) is 0 Å². The van der Waals surface area contributed by atoms with E-state index in [-0.39, 0.29) is 30.1 Å². The number of rotatable bonds is 7. The predicted octanol–water partition coefficient (Wildman–Crippen LogP) is 4.42. The van der Waals surface area contributed by atoms with Gasteiger partial charge in [0.15, 0.2) is 0 Å². The molecule has 0 aliphatic heterocycles. The molecule has 4 nitrogen and oxygen atoms in total. The van der Waals surface area contributed by atoms with Crippen molar-refractivity contribution in [2.24, 2.45) is 0 Å². The van der Waals surface area contributed by atoms with Crippen LogP contribution < -0.4 is 0 Å². The van der Waals surface area contributed by atoms with Crippen LogP contribution in [-0.4, -0.2) is 18.5 Å². The second-order valence-electron chi connectivity index (χ2n) is 5.10. The van der Waals surface area contributed by atoms with Crippen LogP contribution in [0.25, 0.3) is 0 Å². The van der Waals surface area contributed by atoms with Gasteiger partial charge in [-0.15, -0.1) is 12.4 Å². The van der Waals surface area contributed by atoms with E-state index in [1.165, 1.54) is 0 Å². The highest BCUT2D eigenvalue weighted by atomic mass is 35.5. The number of esters is 2. The summed E-state index contributed by atoms with van der Waals surface area (Å²) in [4.78, 5) is 24.3. The molecule has 5 heteroatoms. The van der Waals surface area contributed by atoms with Crippen LogP contribution in [0.2, 0.25) is 0 Å². The molecule has 0 fully saturated rings. The molecule has 2 aromatic rings. The average Bonchev–Trinajstić information content (AvgIpc) is 2.60. The number of halogens is 1. The number of ether oxygens (including phenoxy) is 2. The van der Waals surface area contributed by atoms with E-state index < -0.39 is 11.9 Å². The lowest BCUT2D eigenvalue weighted by atomic mass is 10.1. The standard InChI is InChI=1S/C19H20O4.ClH/c1-2-3-13-22-18(20)16-11-7-8-12-17(16)19(21)23-14-15-9-5-4-6-10-15;/h4-12H,2-3,13-14H2,1H3;1H. The van der Waals surface area contributed by atoms with E-state index in [1.807, 2.05) is 37.3 Å². The zero-order valence-electron chi connectivity index (χ0n) is 13.6. The summed E-state index contributed by atoms with van der Waals surface area (Å²) in [6.45, 7) is 2.53. The van der Waals surface area contributed by atoms with E-state index in [9.17, 15) is 9.59 Å². The van der Waals surface area contributed by atoms with Gasteiger partial charge in [0, 0.05) is 0 Å². The van der Waals surface area contributed by atoms with Crippen LogP contribution in [-0.2, 0) is 16.1 Å². The van der Waals surface area contributed by atoms with Crippen molar-refractivity contribution < 1.29 is 19.1 Å². The summed E-state index contributed by atoms with van der Waals surface area (Å²) in [5.41, 5.74) is 1.36. The highest BCUT2D eigenvalue weighted by Gasteiger charge is 2.18. The smallest absolute Gasteiger partial charge is 0.339 e. The zero-order chi connectivity index (χ0) is 16.5. The summed E-state index contributed by atoms with van der Waals surface area (Å²) < 4.78 is 10.5. The molecule has 0 saturated heterocycles. The SMILES string of the molecule is CCCCOC(=O)c1ccccc1C(=O)OCc1ccccc1.Cl. The van der Waals surface area contributed by atoms with Crippen molar-refractivity contribution in [2.45, 2.75) is 26.4 Å². The molecule has 2 aromatic carbocycles. The Morgan fingerprint density at radius 2 is 1.38 bits per heavy atom. The summed E-state index contributed by atoms with van der Waals surface area (Å²) in [7, 11) is 0. The number of unbranched alkanes of at least 4 members (excludes halogenated alkanes) is 1. The molecule has 0 spiro atoms. The lowest BCUT2D eigenvalue weighted by molar-refractivity contribution is 0.0437. The fourth-order valence-electron chi connectivity index (χ4n) is 2.03. The van der Waals surface area contributed by atoms with Crippen molar-refractivity contribution in [1.82, 2.24) is 0 Å². The third-order valence-electron chi connectivity index (χ3n) is 3.31. The third-order valence-corrected chi connectivity index (χ3v) is 3.31. The van der Waals surface area contributed by atoms with Crippen LogP contribution in [0.15, 0.2) is 54.6 Å². The number of benzene rings is 2. The number of carbonyl (C=O) groups excluding carboxylic acids is 2. The van der Waals surface area contributed by atoms with Crippen molar-refractivity contribution >= 4 is 24.3 Å². The van der Waals surface area contributed by atoms with Gasteiger partial charge in [0.2, 0.25) is 0 Å². The maximum absolute atomic E-state index is 12.2. The third kappa shape index (κ3) is 5.70. The molecule has 0 amide bonds. The maximum atomic E-state index is 12.2. The highest BCUT2D eigenvalue weighted by molar-refractivity contribution is 6.03. The molecule has 0 radical (unpaired) electrons. The van der Waals surface area contributed by atoms with Crippen LogP contribution in [0.3, 0.4) is 0 Å². The van der Waals surface area contributed by atoms with Crippen LogP contribution in [0.5, 0.6) is 0 Å². The van der Waals surface area contributed by atoms with E-state index in [0.717, 1.165) is 18.4 Å². The molecule has 0 atom stereocenters. The van der Waals surface area contributed by atoms with Crippen LogP contribution in [0, 0.1) is 0 Å². The minimum absolute atomic E-state index is 0. The van der Waals surface area contributed by atoms with Crippen molar-refractivity contribution in [2.75, 3.05) is 6.61 Å². The fourth-order valence-corrected chi connectivity index (χ4v) is 2.03. The van der Waals surface area contributed by atoms with E-state index in [4.69, 9.17) is 9.47 Å². The molecule has 0 unspecified atom stereocenters. The average molecular weight is 349 g/mol. The summed E-state index contributed by atoms with van der Waals surface area (Å²) in [6, 6.07) is 15.9. The number of hydrogen-bond acceptors (Lipinski definition) is 4. The minimum Gasteiger partial charge on any atom is -0.462 e. The monoisotopic (exact) mass is 348 g/mol. The molecule has 0 aliphatic carbocycles. The van der Waals surface area contributed by atoms with Crippen molar-refractivity contribution in [3.05, 3.63) is 71.3 Å². The van der Waals surface area contributed by atoms with Gasteiger partial charge in [-0.3, -0.25) is 0 Å². The topological polar surface area (TPSA) is 52.6 Å². The largest absolute Gasteiger partial charge is 0.462 e. The molecule has 0 aliphatic rings. The van der Waals surface area contributed by atoms with Gasteiger partial charge in [-0.2, -0.15) is 0 Å². The molecular weight excluding hydrogens is 328 g/mol. The molecule has 0 N–H and O–H groups in total. The minimum atomic E-state index is -0.531. The van der Waals surface area contributed by atoms with Crippen LogP contribution in [0.1, 0.15) is 46.0 Å². The fraction of sp³-hybridized carbons (Fsp3) is 0.263. The molecule has 0 saturated carbocycles. The first-order chi connectivity index (χ1) is 11.2. The number of carbonyl (C=O) groups is 2. The molecule has 0 bridgehead atoms. The van der Waals surface area contributed by atoms with Gasteiger partial charge in [-0.1, -0.05) is 55.8 Å². The highest BCUT2D eigenvalue weighted by Crippen LogP contribution is 2.13. The van der Waals surface area contributed by atoms with Gasteiger partial charge >= 0.3 is 11.9 Å². The Labute approximate surface area is 148 Å². The predicted molar refractivity (Wildman–Crippen MR) is 94.4 cm³/mol. The number of hydrogen-bond donors (Lipinski definition) is 0. The van der Waals surface area contributed by atoms with Gasteiger partial charge in [0.1, 0.15) is 6.61 Å². The molecule has 128 valence electrons. The first-order valence-corrected chi connectivity index (χ1v) is 7.69. The van der Waals surface area contributed by atoms with Crippen LogP contribution in [0.4, 0.5) is 0 Å². The second kappa shape index (κ2) is 10.4. The second-order valence-corrected chi connectivity index (χ2v) is 5.10. The van der Waals surface area contributed by atoms with E-state index >= 15 is 0 Å². The molecule has 2 rings (SSSR count). The summed E-state index contributed by atoms with van der Waals surface area (Å²) in [5, 5.41) is 0. The Balaban J connectivity index is 0.00000288. The Morgan fingerprint density at radius 3 is 1.96 bits per heavy atom. The Hall–Kier alpha value is -2.33. The van der Waals surface area contributed by atoms with Gasteiger partial charge in [-0.25, -0.2) is 9.59 Å². The zero-order valence-corrected chi connectivity index (χ0v) is 14.4. The summed E-state index contributed by atoms with van der Waals surface area (Å²) in [6.07, 6.45) is 1.74. The lowest BCUT2D eigenvalue weighted by Crippen LogP contribution is -2.14. The Bertz CT molecular complexity index is 655. The van der Waals surface area contributed by atoms with E-state index in [0.29, 0.717) is 6.61 Å². The summed E-state index contributed by atoms with van der Waals surface area (Å²) in [5.74, 6) is -1.03. The molecular formula is C19H21ClO4. The first kappa shape index (κ1) is 19.7. The first-order valence-electron chi connectivity index (χ1n) is 7.69. The Morgan fingerprint density at radius 1 is 0.833 bits per heavy atom. The summed E-state index contributed by atoms with van der Waals surface area (Å²) >= 11 is 0. The van der Waals surface area contributed by atoms with E-state index in [1.54, 1.807) is 24.3 Å². The van der Waals surface area contributed by atoms with Crippen molar-refractivity contribution in [1.29, 1.82) is 0 Å². The van der Waals surface area contributed by atoms with Gasteiger partial charge in [-0.05, 0) is 24.1 Å². The lowest BCUT2D eigenvalue weighted by Gasteiger charge is -2.09. The Kier molecular flexibility index (Phi) is 8.58. The maximum Gasteiger partial charge on any atom is 0.339 e. The molecule has 0 aromatic heterocycles. The van der Waals surface area contributed by atoms with Crippen molar-refractivity contribution in [3.63, 3.8) is 0 Å². The quantitative estimate of drug-likeness (QED) is 0.549. The van der Waals surface area contributed by atoms with Crippen LogP contribution >= 0.6 is 12.4 Å². The van der Waals surface area contributed by atoms with Gasteiger partial charge in [0.05, 0.1) is 17.7 Å². The van der Waals surface area contributed by atoms with Gasteiger partial charge in [0.25, 0.3) is 0 Å².